The number of aliphatic hydroxyl groups is 1. The molecule has 1 amide bonds. The lowest BCUT2D eigenvalue weighted by atomic mass is 9.76. The van der Waals surface area contributed by atoms with Gasteiger partial charge in [0, 0.05) is 17.5 Å². The monoisotopic (exact) mass is 460 g/mol. The van der Waals surface area contributed by atoms with Crippen molar-refractivity contribution in [2.75, 3.05) is 5.32 Å². The van der Waals surface area contributed by atoms with E-state index in [2.05, 4.69) is 15.0 Å². The number of hydrogen-bond acceptors (Lipinski definition) is 5. The van der Waals surface area contributed by atoms with Gasteiger partial charge in [0.25, 0.3) is 5.91 Å². The number of benzene rings is 2. The molecule has 3 aromatic rings. The van der Waals surface area contributed by atoms with Crippen LogP contribution in [0, 0.1) is 13.8 Å². The van der Waals surface area contributed by atoms with Crippen LogP contribution in [0.2, 0.25) is 0 Å². The van der Waals surface area contributed by atoms with E-state index in [1.807, 2.05) is 19.1 Å². The van der Waals surface area contributed by atoms with E-state index in [4.69, 9.17) is 0 Å². The van der Waals surface area contributed by atoms with Crippen LogP contribution in [0.1, 0.15) is 47.6 Å². The third-order valence-electron chi connectivity index (χ3n) is 6.28. The number of alkyl halides is 3. The molecule has 1 heterocycles. The summed E-state index contributed by atoms with van der Waals surface area (Å²) in [6.07, 6.45) is -4.10. The van der Waals surface area contributed by atoms with Gasteiger partial charge in [-0.25, -0.2) is 4.79 Å². The van der Waals surface area contributed by atoms with E-state index in [0.29, 0.717) is 23.9 Å². The summed E-state index contributed by atoms with van der Waals surface area (Å²) in [4.78, 5) is 24.6. The predicted octanol–water partition coefficient (Wildman–Crippen LogP) is 4.55. The molecule has 0 aliphatic heterocycles. The van der Waals surface area contributed by atoms with Crippen molar-refractivity contribution >= 4 is 22.4 Å². The fraction of sp³-hybridized carbons (Fsp3) is 0.375. The van der Waals surface area contributed by atoms with Crippen LogP contribution in [0.5, 0.6) is 0 Å². The Kier molecular flexibility index (Phi) is 5.78. The fourth-order valence-corrected chi connectivity index (χ4v) is 4.49. The molecule has 0 saturated carbocycles. The Hall–Kier alpha value is -3.20. The molecule has 0 spiro atoms. The lowest BCUT2D eigenvalue weighted by Gasteiger charge is -2.35. The zero-order chi connectivity index (χ0) is 24.0. The number of aromatic nitrogens is 1. The summed E-state index contributed by atoms with van der Waals surface area (Å²) >= 11 is 0. The third-order valence-corrected chi connectivity index (χ3v) is 6.28. The van der Waals surface area contributed by atoms with Crippen molar-refractivity contribution in [1.82, 2.24) is 5.16 Å². The molecule has 6 nitrogen and oxygen atoms in total. The van der Waals surface area contributed by atoms with Crippen molar-refractivity contribution in [3.8, 4) is 0 Å². The highest BCUT2D eigenvalue weighted by molar-refractivity contribution is 5.99. The SMILES string of the molecule is Cc1ccc2c(c1)CCC[C@@H]2CC(O)(C(=O)Nc1ccc2c(=O)onc(C)c2c1)C(F)(F)F. The van der Waals surface area contributed by atoms with Crippen LogP contribution >= 0.6 is 0 Å². The molecule has 1 aliphatic rings. The molecule has 1 aromatic heterocycles. The molecule has 2 atom stereocenters. The molecule has 0 fully saturated rings. The lowest BCUT2D eigenvalue weighted by Crippen LogP contribution is -2.55. The highest BCUT2D eigenvalue weighted by atomic mass is 19.4. The first kappa shape index (κ1) is 23.0. The number of halogens is 3. The van der Waals surface area contributed by atoms with Crippen LogP contribution in [-0.2, 0) is 11.2 Å². The van der Waals surface area contributed by atoms with Crippen molar-refractivity contribution in [3.63, 3.8) is 0 Å². The zero-order valence-electron chi connectivity index (χ0n) is 18.1. The van der Waals surface area contributed by atoms with E-state index in [1.165, 1.54) is 18.2 Å². The van der Waals surface area contributed by atoms with E-state index < -0.39 is 35.6 Å². The molecule has 1 aliphatic carbocycles. The molecule has 4 rings (SSSR count). The molecular weight excluding hydrogens is 437 g/mol. The molecule has 0 bridgehead atoms. The summed E-state index contributed by atoms with van der Waals surface area (Å²) in [6, 6.07) is 9.50. The molecule has 33 heavy (non-hydrogen) atoms. The Morgan fingerprint density at radius 2 is 1.94 bits per heavy atom. The van der Waals surface area contributed by atoms with E-state index in [-0.39, 0.29) is 11.1 Å². The molecule has 174 valence electrons. The smallest absolute Gasteiger partial charge is 0.373 e. The number of hydrogen-bond donors (Lipinski definition) is 2. The van der Waals surface area contributed by atoms with Crippen LogP contribution < -0.4 is 10.9 Å². The number of carbonyl (C=O) groups excluding carboxylic acids is 1. The number of amides is 1. The normalized spacial score (nSPS) is 17.9. The van der Waals surface area contributed by atoms with Crippen LogP contribution in [0.15, 0.2) is 45.7 Å². The first-order valence-electron chi connectivity index (χ1n) is 10.6. The maximum Gasteiger partial charge on any atom is 0.426 e. The minimum atomic E-state index is -5.19. The zero-order valence-corrected chi connectivity index (χ0v) is 18.1. The summed E-state index contributed by atoms with van der Waals surface area (Å²) in [5.41, 5.74) is -1.25. The lowest BCUT2D eigenvalue weighted by molar-refractivity contribution is -0.252. The largest absolute Gasteiger partial charge is 0.426 e. The Morgan fingerprint density at radius 3 is 2.67 bits per heavy atom. The van der Waals surface area contributed by atoms with Gasteiger partial charge in [0.1, 0.15) is 0 Å². The Labute approximate surface area is 187 Å². The van der Waals surface area contributed by atoms with Crippen molar-refractivity contribution in [1.29, 1.82) is 0 Å². The quantitative estimate of drug-likeness (QED) is 0.596. The number of carbonyl (C=O) groups is 1. The highest BCUT2D eigenvalue weighted by Crippen LogP contribution is 2.43. The van der Waals surface area contributed by atoms with Crippen molar-refractivity contribution in [2.24, 2.45) is 0 Å². The number of aryl methyl sites for hydroxylation is 3. The van der Waals surface area contributed by atoms with Gasteiger partial charge in [0.15, 0.2) is 0 Å². The molecule has 0 saturated heterocycles. The molecule has 2 aromatic carbocycles. The minimum Gasteiger partial charge on any atom is -0.373 e. The van der Waals surface area contributed by atoms with Crippen molar-refractivity contribution in [3.05, 3.63) is 69.2 Å². The van der Waals surface area contributed by atoms with Gasteiger partial charge in [-0.1, -0.05) is 28.9 Å². The standard InChI is InChI=1S/C24H23F3N2O4/c1-13-6-8-18-15(10-13)4-3-5-16(18)12-23(32,24(25,26)27)22(31)28-17-7-9-19-20(11-17)14(2)29-33-21(19)30/h6-11,16,32H,3-5,12H2,1-2H3,(H,28,31)/t16-,23?/m1/s1. The molecule has 1 unspecified atom stereocenters. The van der Waals surface area contributed by atoms with Gasteiger partial charge in [-0.2, -0.15) is 13.2 Å². The topological polar surface area (TPSA) is 92.4 Å². The van der Waals surface area contributed by atoms with E-state index in [9.17, 15) is 27.9 Å². The van der Waals surface area contributed by atoms with Gasteiger partial charge in [0.05, 0.1) is 11.1 Å². The maximum absolute atomic E-state index is 14.0. The average molecular weight is 460 g/mol. The van der Waals surface area contributed by atoms with E-state index in [0.717, 1.165) is 23.1 Å². The summed E-state index contributed by atoms with van der Waals surface area (Å²) in [7, 11) is 0. The summed E-state index contributed by atoms with van der Waals surface area (Å²) in [5.74, 6) is -2.18. The first-order valence-corrected chi connectivity index (χ1v) is 10.6. The van der Waals surface area contributed by atoms with E-state index >= 15 is 0 Å². The molecule has 2 N–H and O–H groups in total. The number of nitrogens with zero attached hydrogens (tertiary/aromatic N) is 1. The van der Waals surface area contributed by atoms with Gasteiger partial charge < -0.3 is 14.9 Å². The highest BCUT2D eigenvalue weighted by Gasteiger charge is 2.60. The summed E-state index contributed by atoms with van der Waals surface area (Å²) < 4.78 is 46.8. The first-order chi connectivity index (χ1) is 15.5. The van der Waals surface area contributed by atoms with Gasteiger partial charge >= 0.3 is 11.8 Å². The second kappa shape index (κ2) is 8.30. The molecule has 0 radical (unpaired) electrons. The minimum absolute atomic E-state index is 0.00495. The van der Waals surface area contributed by atoms with Crippen LogP contribution in [0.3, 0.4) is 0 Å². The third kappa shape index (κ3) is 4.25. The Morgan fingerprint density at radius 1 is 1.18 bits per heavy atom. The number of anilines is 1. The number of nitrogens with one attached hydrogen (secondary N) is 1. The number of rotatable bonds is 4. The second-order valence-corrected chi connectivity index (χ2v) is 8.62. The maximum atomic E-state index is 14.0. The Balaban J connectivity index is 1.66. The van der Waals surface area contributed by atoms with Gasteiger partial charge in [-0.3, -0.25) is 4.79 Å². The summed E-state index contributed by atoms with van der Waals surface area (Å²) in [6.45, 7) is 3.47. The van der Waals surface area contributed by atoms with Crippen LogP contribution in [0.25, 0.3) is 10.8 Å². The van der Waals surface area contributed by atoms with E-state index in [1.54, 1.807) is 13.0 Å². The van der Waals surface area contributed by atoms with Gasteiger partial charge in [-0.05, 0) is 68.4 Å². The Bertz CT molecular complexity index is 1280. The predicted molar refractivity (Wildman–Crippen MR) is 116 cm³/mol. The van der Waals surface area contributed by atoms with Crippen LogP contribution in [0.4, 0.5) is 18.9 Å². The molecule has 9 heteroatoms. The fourth-order valence-electron chi connectivity index (χ4n) is 4.49. The average Bonchev–Trinajstić information content (AvgIpc) is 2.75. The molecular formula is C24H23F3N2O4. The number of fused-ring (bicyclic) bond motifs is 2. The van der Waals surface area contributed by atoms with Crippen molar-refractivity contribution in [2.45, 2.75) is 57.2 Å². The van der Waals surface area contributed by atoms with Gasteiger partial charge in [0.2, 0.25) is 5.60 Å². The second-order valence-electron chi connectivity index (χ2n) is 8.62. The van der Waals surface area contributed by atoms with Crippen LogP contribution in [-0.4, -0.2) is 27.9 Å². The van der Waals surface area contributed by atoms with Crippen molar-refractivity contribution < 1.29 is 27.6 Å². The van der Waals surface area contributed by atoms with Gasteiger partial charge in [-0.15, -0.1) is 0 Å². The summed E-state index contributed by atoms with van der Waals surface area (Å²) in [5, 5.41) is 17.0.